The summed E-state index contributed by atoms with van der Waals surface area (Å²) in [5.41, 5.74) is 1.57. The second-order valence-corrected chi connectivity index (χ2v) is 4.59. The van der Waals surface area contributed by atoms with E-state index in [2.05, 4.69) is 6.58 Å². The van der Waals surface area contributed by atoms with Crippen LogP contribution in [0, 0.1) is 0 Å². The van der Waals surface area contributed by atoms with Crippen LogP contribution in [0.1, 0.15) is 15.9 Å². The predicted molar refractivity (Wildman–Crippen MR) is 88.5 cm³/mol. The highest BCUT2D eigenvalue weighted by molar-refractivity contribution is 6.06. The third-order valence-corrected chi connectivity index (χ3v) is 3.05. The van der Waals surface area contributed by atoms with Crippen LogP contribution >= 0.6 is 0 Å². The second kappa shape index (κ2) is 7.84. The Hall–Kier alpha value is -2.81. The van der Waals surface area contributed by atoms with E-state index in [1.54, 1.807) is 49.6 Å². The SMILES string of the molecule is C=CCOc1ccc(C=CC(=O)c2ccc(OC)cc2)cc1. The van der Waals surface area contributed by atoms with Gasteiger partial charge in [-0.3, -0.25) is 4.79 Å². The first-order valence-corrected chi connectivity index (χ1v) is 6.93. The molecule has 0 aliphatic rings. The van der Waals surface area contributed by atoms with Crippen LogP contribution < -0.4 is 9.47 Å². The van der Waals surface area contributed by atoms with E-state index in [1.807, 2.05) is 24.3 Å². The van der Waals surface area contributed by atoms with Gasteiger partial charge in [0.2, 0.25) is 0 Å². The summed E-state index contributed by atoms with van der Waals surface area (Å²) in [7, 11) is 1.60. The molecule has 0 saturated heterocycles. The monoisotopic (exact) mass is 294 g/mol. The summed E-state index contributed by atoms with van der Waals surface area (Å²) in [6.07, 6.45) is 5.03. The van der Waals surface area contributed by atoms with Gasteiger partial charge in [0, 0.05) is 5.56 Å². The maximum Gasteiger partial charge on any atom is 0.185 e. The summed E-state index contributed by atoms with van der Waals surface area (Å²) in [5, 5.41) is 0. The highest BCUT2D eigenvalue weighted by Crippen LogP contribution is 2.15. The van der Waals surface area contributed by atoms with Crippen LogP contribution in [0.15, 0.2) is 67.3 Å². The Labute approximate surface area is 130 Å². The summed E-state index contributed by atoms with van der Waals surface area (Å²) in [4.78, 5) is 12.1. The zero-order valence-electron chi connectivity index (χ0n) is 12.5. The van der Waals surface area contributed by atoms with Crippen molar-refractivity contribution in [2.75, 3.05) is 13.7 Å². The first-order chi connectivity index (χ1) is 10.7. The van der Waals surface area contributed by atoms with E-state index in [-0.39, 0.29) is 5.78 Å². The fourth-order valence-corrected chi connectivity index (χ4v) is 1.85. The Balaban J connectivity index is 2.00. The Morgan fingerprint density at radius 2 is 1.68 bits per heavy atom. The highest BCUT2D eigenvalue weighted by atomic mass is 16.5. The third kappa shape index (κ3) is 4.35. The standard InChI is InChI=1S/C19H18O3/c1-3-14-22-18-9-4-15(5-10-18)6-13-19(20)16-7-11-17(21-2)12-8-16/h3-13H,1,14H2,2H3. The van der Waals surface area contributed by atoms with Gasteiger partial charge in [-0.25, -0.2) is 0 Å². The molecule has 0 spiro atoms. The van der Waals surface area contributed by atoms with Gasteiger partial charge in [-0.15, -0.1) is 0 Å². The Morgan fingerprint density at radius 1 is 1.05 bits per heavy atom. The molecule has 0 heterocycles. The fourth-order valence-electron chi connectivity index (χ4n) is 1.85. The molecule has 0 aliphatic carbocycles. The molecule has 112 valence electrons. The number of ether oxygens (including phenoxy) is 2. The summed E-state index contributed by atoms with van der Waals surface area (Å²) >= 11 is 0. The van der Waals surface area contributed by atoms with E-state index in [0.29, 0.717) is 12.2 Å². The molecule has 3 nitrogen and oxygen atoms in total. The van der Waals surface area contributed by atoms with Crippen LogP contribution in [-0.2, 0) is 0 Å². The topological polar surface area (TPSA) is 35.5 Å². The molecule has 0 fully saturated rings. The number of carbonyl (C=O) groups excluding carboxylic acids is 1. The highest BCUT2D eigenvalue weighted by Gasteiger charge is 2.01. The summed E-state index contributed by atoms with van der Waals surface area (Å²) < 4.78 is 10.5. The third-order valence-electron chi connectivity index (χ3n) is 3.05. The number of hydrogen-bond donors (Lipinski definition) is 0. The smallest absolute Gasteiger partial charge is 0.185 e. The molecule has 3 heteroatoms. The molecule has 0 atom stereocenters. The van der Waals surface area contributed by atoms with Gasteiger partial charge in [-0.1, -0.05) is 30.9 Å². The number of rotatable bonds is 7. The number of carbonyl (C=O) groups is 1. The molecule has 0 radical (unpaired) electrons. The Kier molecular flexibility index (Phi) is 5.55. The molecule has 0 bridgehead atoms. The van der Waals surface area contributed by atoms with E-state index in [4.69, 9.17) is 9.47 Å². The van der Waals surface area contributed by atoms with Crippen molar-refractivity contribution in [2.24, 2.45) is 0 Å². The summed E-state index contributed by atoms with van der Waals surface area (Å²) in [6.45, 7) is 4.08. The zero-order valence-corrected chi connectivity index (χ0v) is 12.5. The van der Waals surface area contributed by atoms with Crippen molar-refractivity contribution in [1.82, 2.24) is 0 Å². The largest absolute Gasteiger partial charge is 0.497 e. The van der Waals surface area contributed by atoms with Crippen molar-refractivity contribution < 1.29 is 14.3 Å². The maximum absolute atomic E-state index is 12.1. The van der Waals surface area contributed by atoms with Gasteiger partial charge in [0.15, 0.2) is 5.78 Å². The molecule has 0 aliphatic heterocycles. The molecule has 0 aromatic heterocycles. The minimum atomic E-state index is -0.0466. The maximum atomic E-state index is 12.1. The molecule has 0 saturated carbocycles. The number of benzene rings is 2. The second-order valence-electron chi connectivity index (χ2n) is 4.59. The van der Waals surface area contributed by atoms with Gasteiger partial charge in [0.25, 0.3) is 0 Å². The van der Waals surface area contributed by atoms with Crippen LogP contribution in [0.5, 0.6) is 11.5 Å². The van der Waals surface area contributed by atoms with Gasteiger partial charge in [-0.05, 0) is 48.0 Å². The Bertz CT molecular complexity index is 652. The lowest BCUT2D eigenvalue weighted by Crippen LogP contribution is -1.94. The molecule has 2 aromatic carbocycles. The molecule has 2 rings (SSSR count). The van der Waals surface area contributed by atoms with E-state index in [9.17, 15) is 4.79 Å². The normalized spacial score (nSPS) is 10.4. The first kappa shape index (κ1) is 15.6. The van der Waals surface area contributed by atoms with Gasteiger partial charge < -0.3 is 9.47 Å². The number of allylic oxidation sites excluding steroid dienone is 1. The van der Waals surface area contributed by atoms with E-state index in [0.717, 1.165) is 17.1 Å². The fraction of sp³-hybridized carbons (Fsp3) is 0.105. The summed E-state index contributed by atoms with van der Waals surface area (Å²) in [5.74, 6) is 1.46. The lowest BCUT2D eigenvalue weighted by atomic mass is 10.1. The average Bonchev–Trinajstić information content (AvgIpc) is 2.58. The molecular weight excluding hydrogens is 276 g/mol. The Morgan fingerprint density at radius 3 is 2.27 bits per heavy atom. The van der Waals surface area contributed by atoms with Crippen molar-refractivity contribution in [3.05, 3.63) is 78.4 Å². The molecule has 22 heavy (non-hydrogen) atoms. The molecule has 0 amide bonds. The van der Waals surface area contributed by atoms with Gasteiger partial charge in [0.1, 0.15) is 18.1 Å². The van der Waals surface area contributed by atoms with Crippen LogP contribution in [-0.4, -0.2) is 19.5 Å². The minimum Gasteiger partial charge on any atom is -0.497 e. The molecule has 0 unspecified atom stereocenters. The van der Waals surface area contributed by atoms with E-state index < -0.39 is 0 Å². The zero-order chi connectivity index (χ0) is 15.8. The van der Waals surface area contributed by atoms with Gasteiger partial charge >= 0.3 is 0 Å². The number of ketones is 1. The van der Waals surface area contributed by atoms with Crippen molar-refractivity contribution in [1.29, 1.82) is 0 Å². The van der Waals surface area contributed by atoms with Crippen molar-refractivity contribution in [2.45, 2.75) is 0 Å². The van der Waals surface area contributed by atoms with Crippen molar-refractivity contribution >= 4 is 11.9 Å². The quantitative estimate of drug-likeness (QED) is 0.437. The molecular formula is C19H18O3. The van der Waals surface area contributed by atoms with E-state index in [1.165, 1.54) is 0 Å². The number of hydrogen-bond acceptors (Lipinski definition) is 3. The van der Waals surface area contributed by atoms with Crippen molar-refractivity contribution in [3.63, 3.8) is 0 Å². The van der Waals surface area contributed by atoms with Gasteiger partial charge in [0.05, 0.1) is 7.11 Å². The van der Waals surface area contributed by atoms with Crippen LogP contribution in [0.4, 0.5) is 0 Å². The van der Waals surface area contributed by atoms with Gasteiger partial charge in [-0.2, -0.15) is 0 Å². The molecule has 0 N–H and O–H groups in total. The van der Waals surface area contributed by atoms with Crippen LogP contribution in [0.25, 0.3) is 6.08 Å². The first-order valence-electron chi connectivity index (χ1n) is 6.93. The number of methoxy groups -OCH3 is 1. The minimum absolute atomic E-state index is 0.0466. The van der Waals surface area contributed by atoms with Crippen LogP contribution in [0.3, 0.4) is 0 Å². The van der Waals surface area contributed by atoms with E-state index >= 15 is 0 Å². The molecule has 2 aromatic rings. The average molecular weight is 294 g/mol. The van der Waals surface area contributed by atoms with Crippen molar-refractivity contribution in [3.8, 4) is 11.5 Å². The lowest BCUT2D eigenvalue weighted by Gasteiger charge is -2.03. The summed E-state index contributed by atoms with van der Waals surface area (Å²) in [6, 6.07) is 14.6. The lowest BCUT2D eigenvalue weighted by molar-refractivity contribution is 0.104. The van der Waals surface area contributed by atoms with Crippen LogP contribution in [0.2, 0.25) is 0 Å². The predicted octanol–water partition coefficient (Wildman–Crippen LogP) is 4.16.